The lowest BCUT2D eigenvalue weighted by Gasteiger charge is -2.16. The highest BCUT2D eigenvalue weighted by Crippen LogP contribution is 2.29. The van der Waals surface area contributed by atoms with Crippen molar-refractivity contribution in [2.45, 2.75) is 13.0 Å². The highest BCUT2D eigenvalue weighted by Gasteiger charge is 2.16. The van der Waals surface area contributed by atoms with Crippen LogP contribution in [0, 0.1) is 0 Å². The van der Waals surface area contributed by atoms with Crippen LogP contribution < -0.4 is 15.4 Å². The number of nitrogens with one attached hydrogen (secondary N) is 2. The average Bonchev–Trinajstić information content (AvgIpc) is 2.58. The third-order valence-corrected chi connectivity index (χ3v) is 4.01. The number of hydrogen-bond donors (Lipinski definition) is 2. The molecule has 1 atom stereocenters. The first-order valence-electron chi connectivity index (χ1n) is 7.26. The third kappa shape index (κ3) is 5.65. The minimum atomic E-state index is -0.717. The molecule has 2 N–H and O–H groups in total. The monoisotopic (exact) mass is 426 g/mol. The molecule has 0 radical (unpaired) electrons. The summed E-state index contributed by atoms with van der Waals surface area (Å²) >= 11 is 9.22. The molecule has 0 fully saturated rings. The maximum Gasteiger partial charge on any atom is 0.411 e. The normalized spacial score (nSPS) is 11.4. The molecule has 0 saturated carbocycles. The zero-order valence-corrected chi connectivity index (χ0v) is 15.8. The number of ether oxygens (including phenoxy) is 2. The summed E-state index contributed by atoms with van der Waals surface area (Å²) in [6.07, 6.45) is -1.28. The van der Waals surface area contributed by atoms with Gasteiger partial charge in [-0.1, -0.05) is 11.6 Å². The van der Waals surface area contributed by atoms with Crippen LogP contribution in [0.25, 0.3) is 0 Å². The third-order valence-electron chi connectivity index (χ3n) is 3.15. The first-order chi connectivity index (χ1) is 11.9. The molecule has 6 nitrogen and oxygen atoms in total. The van der Waals surface area contributed by atoms with Gasteiger partial charge in [-0.3, -0.25) is 10.1 Å². The van der Waals surface area contributed by atoms with Gasteiger partial charge in [-0.2, -0.15) is 0 Å². The van der Waals surface area contributed by atoms with E-state index in [0.29, 0.717) is 26.6 Å². The van der Waals surface area contributed by atoms with Crippen molar-refractivity contribution in [3.8, 4) is 5.75 Å². The second-order valence-electron chi connectivity index (χ2n) is 5.02. The van der Waals surface area contributed by atoms with Crippen molar-refractivity contribution in [2.75, 3.05) is 17.7 Å². The maximum atomic E-state index is 12.2. The van der Waals surface area contributed by atoms with Gasteiger partial charge in [0.05, 0.1) is 11.6 Å². The Kier molecular flexibility index (Phi) is 6.66. The highest BCUT2D eigenvalue weighted by atomic mass is 79.9. The lowest BCUT2D eigenvalue weighted by atomic mass is 10.2. The van der Waals surface area contributed by atoms with E-state index in [2.05, 4.69) is 31.3 Å². The van der Waals surface area contributed by atoms with Crippen LogP contribution in [0.4, 0.5) is 16.2 Å². The first kappa shape index (κ1) is 19.1. The second kappa shape index (κ2) is 8.73. The maximum absolute atomic E-state index is 12.2. The van der Waals surface area contributed by atoms with Crippen molar-refractivity contribution in [1.82, 2.24) is 0 Å². The van der Waals surface area contributed by atoms with Gasteiger partial charge in [0, 0.05) is 16.4 Å². The van der Waals surface area contributed by atoms with Crippen molar-refractivity contribution in [3.05, 3.63) is 52.0 Å². The van der Waals surface area contributed by atoms with E-state index in [-0.39, 0.29) is 5.91 Å². The number of anilines is 2. The Balaban J connectivity index is 1.95. The van der Waals surface area contributed by atoms with Gasteiger partial charge < -0.3 is 14.8 Å². The SMILES string of the molecule is COC(=O)Nc1ccc(NC(=O)C(C)Oc2ccc(Cl)cc2Br)cc1. The van der Waals surface area contributed by atoms with Crippen LogP contribution in [-0.4, -0.2) is 25.2 Å². The molecule has 25 heavy (non-hydrogen) atoms. The molecule has 0 spiro atoms. The van der Waals surface area contributed by atoms with Gasteiger partial charge >= 0.3 is 6.09 Å². The molecule has 0 aliphatic heterocycles. The van der Waals surface area contributed by atoms with E-state index >= 15 is 0 Å². The average molecular weight is 428 g/mol. The summed E-state index contributed by atoms with van der Waals surface area (Å²) in [5.74, 6) is 0.209. The molecule has 0 aliphatic rings. The van der Waals surface area contributed by atoms with Crippen LogP contribution in [0.1, 0.15) is 6.92 Å². The molecule has 2 amide bonds. The van der Waals surface area contributed by atoms with Gasteiger partial charge in [0.25, 0.3) is 5.91 Å². The number of rotatable bonds is 5. The standard InChI is InChI=1S/C17H16BrClN2O4/c1-10(25-15-8-3-11(19)9-14(15)18)16(22)20-12-4-6-13(7-5-12)21-17(23)24-2/h3-10H,1-2H3,(H,20,22)(H,21,23). The predicted molar refractivity (Wildman–Crippen MR) is 100 cm³/mol. The molecule has 132 valence electrons. The summed E-state index contributed by atoms with van der Waals surface area (Å²) in [6, 6.07) is 11.7. The van der Waals surface area contributed by atoms with Crippen LogP contribution >= 0.6 is 27.5 Å². The largest absolute Gasteiger partial charge is 0.480 e. The summed E-state index contributed by atoms with van der Waals surface area (Å²) < 4.78 is 10.8. The Hall–Kier alpha value is -2.25. The van der Waals surface area contributed by atoms with E-state index < -0.39 is 12.2 Å². The van der Waals surface area contributed by atoms with Crippen molar-refractivity contribution >= 4 is 50.9 Å². The van der Waals surface area contributed by atoms with Crippen molar-refractivity contribution in [3.63, 3.8) is 0 Å². The summed E-state index contributed by atoms with van der Waals surface area (Å²) in [5.41, 5.74) is 1.13. The fourth-order valence-electron chi connectivity index (χ4n) is 1.86. The van der Waals surface area contributed by atoms with Gasteiger partial charge in [-0.25, -0.2) is 4.79 Å². The number of amides is 2. The highest BCUT2D eigenvalue weighted by molar-refractivity contribution is 9.10. The van der Waals surface area contributed by atoms with Crippen LogP contribution in [0.3, 0.4) is 0 Å². The Morgan fingerprint density at radius 3 is 2.24 bits per heavy atom. The van der Waals surface area contributed by atoms with Crippen LogP contribution in [0.15, 0.2) is 46.9 Å². The number of benzene rings is 2. The molecule has 2 aromatic rings. The fourth-order valence-corrected chi connectivity index (χ4v) is 2.64. The number of carbonyl (C=O) groups is 2. The molecule has 2 rings (SSSR count). The summed E-state index contributed by atoms with van der Waals surface area (Å²) in [7, 11) is 1.28. The smallest absolute Gasteiger partial charge is 0.411 e. The van der Waals surface area contributed by atoms with E-state index in [4.69, 9.17) is 16.3 Å². The topological polar surface area (TPSA) is 76.7 Å². The van der Waals surface area contributed by atoms with Crippen LogP contribution in [0.5, 0.6) is 5.75 Å². The lowest BCUT2D eigenvalue weighted by Crippen LogP contribution is -2.30. The minimum absolute atomic E-state index is 0.310. The lowest BCUT2D eigenvalue weighted by molar-refractivity contribution is -0.122. The van der Waals surface area contributed by atoms with Crippen molar-refractivity contribution in [1.29, 1.82) is 0 Å². The van der Waals surface area contributed by atoms with Gasteiger partial charge in [0.15, 0.2) is 6.10 Å². The summed E-state index contributed by atoms with van der Waals surface area (Å²) in [6.45, 7) is 1.64. The number of halogens is 2. The van der Waals surface area contributed by atoms with Crippen molar-refractivity contribution < 1.29 is 19.1 Å². The molecular formula is C17H16BrClN2O4. The van der Waals surface area contributed by atoms with E-state index in [1.807, 2.05) is 0 Å². The molecule has 0 heterocycles. The number of hydrogen-bond acceptors (Lipinski definition) is 4. The zero-order chi connectivity index (χ0) is 18.4. The summed E-state index contributed by atoms with van der Waals surface area (Å²) in [4.78, 5) is 23.4. The molecule has 8 heteroatoms. The van der Waals surface area contributed by atoms with Gasteiger partial charge in [0.2, 0.25) is 0 Å². The second-order valence-corrected chi connectivity index (χ2v) is 6.31. The van der Waals surface area contributed by atoms with Crippen molar-refractivity contribution in [2.24, 2.45) is 0 Å². The van der Waals surface area contributed by atoms with Gasteiger partial charge in [0.1, 0.15) is 5.75 Å². The fraction of sp³-hybridized carbons (Fsp3) is 0.176. The van der Waals surface area contributed by atoms with Gasteiger partial charge in [-0.15, -0.1) is 0 Å². The van der Waals surface area contributed by atoms with Crippen LogP contribution in [-0.2, 0) is 9.53 Å². The summed E-state index contributed by atoms with van der Waals surface area (Å²) in [5, 5.41) is 5.83. The van der Waals surface area contributed by atoms with E-state index in [9.17, 15) is 9.59 Å². The molecular weight excluding hydrogens is 412 g/mol. The molecule has 2 aromatic carbocycles. The molecule has 0 aliphatic carbocycles. The number of carbonyl (C=O) groups excluding carboxylic acids is 2. The molecule has 1 unspecified atom stereocenters. The first-order valence-corrected chi connectivity index (χ1v) is 8.43. The minimum Gasteiger partial charge on any atom is -0.480 e. The molecule has 0 aromatic heterocycles. The van der Waals surface area contributed by atoms with E-state index in [0.717, 1.165) is 0 Å². The van der Waals surface area contributed by atoms with E-state index in [1.54, 1.807) is 49.4 Å². The zero-order valence-electron chi connectivity index (χ0n) is 13.5. The van der Waals surface area contributed by atoms with Crippen LogP contribution in [0.2, 0.25) is 5.02 Å². The molecule has 0 saturated heterocycles. The quantitative estimate of drug-likeness (QED) is 0.726. The number of methoxy groups -OCH3 is 1. The Morgan fingerprint density at radius 2 is 1.68 bits per heavy atom. The van der Waals surface area contributed by atoms with Gasteiger partial charge in [-0.05, 0) is 65.3 Å². The Morgan fingerprint density at radius 1 is 1.08 bits per heavy atom. The van der Waals surface area contributed by atoms with E-state index in [1.165, 1.54) is 7.11 Å². The predicted octanol–water partition coefficient (Wildman–Crippen LogP) is 4.69. The Bertz CT molecular complexity index is 768. The Labute approximate surface area is 158 Å². The molecule has 0 bridgehead atoms.